The number of amides is 1. The van der Waals surface area contributed by atoms with Crippen molar-refractivity contribution in [2.24, 2.45) is 0 Å². The van der Waals surface area contributed by atoms with Gasteiger partial charge in [0.15, 0.2) is 0 Å². The largest absolute Gasteiger partial charge is 0.340 e. The molecule has 0 spiro atoms. The lowest BCUT2D eigenvalue weighted by molar-refractivity contribution is -0.132. The molecule has 0 aromatic heterocycles. The van der Waals surface area contributed by atoms with Crippen LogP contribution in [0.5, 0.6) is 0 Å². The second-order valence-corrected chi connectivity index (χ2v) is 5.41. The molecule has 3 nitrogen and oxygen atoms in total. The number of carbonyl (C=O) groups is 1. The first kappa shape index (κ1) is 14.1. The second kappa shape index (κ2) is 6.71. The van der Waals surface area contributed by atoms with Gasteiger partial charge >= 0.3 is 0 Å². The van der Waals surface area contributed by atoms with Crippen LogP contribution in [0.15, 0.2) is 24.3 Å². The maximum absolute atomic E-state index is 12.2. The van der Waals surface area contributed by atoms with Crippen LogP contribution in [-0.2, 0) is 17.8 Å². The number of hydrogen-bond donors (Lipinski definition) is 1. The Balaban J connectivity index is 1.90. The van der Waals surface area contributed by atoms with E-state index >= 15 is 0 Å². The molecule has 1 aromatic rings. The van der Waals surface area contributed by atoms with E-state index < -0.39 is 0 Å². The van der Waals surface area contributed by atoms with Crippen LogP contribution in [0.4, 0.5) is 0 Å². The summed E-state index contributed by atoms with van der Waals surface area (Å²) in [7, 11) is 1.89. The van der Waals surface area contributed by atoms with Crippen molar-refractivity contribution in [2.45, 2.75) is 45.2 Å². The third-order valence-electron chi connectivity index (χ3n) is 3.72. The topological polar surface area (TPSA) is 32.3 Å². The van der Waals surface area contributed by atoms with Crippen LogP contribution in [0.2, 0.25) is 0 Å². The molecule has 1 N–H and O–H groups in total. The number of nitrogens with one attached hydrogen (secondary N) is 1. The molecule has 2 rings (SSSR count). The van der Waals surface area contributed by atoms with Gasteiger partial charge in [0.2, 0.25) is 5.91 Å². The first-order chi connectivity index (χ1) is 9.20. The first-order valence-corrected chi connectivity index (χ1v) is 7.27. The van der Waals surface area contributed by atoms with Gasteiger partial charge in [-0.2, -0.15) is 0 Å². The summed E-state index contributed by atoms with van der Waals surface area (Å²) in [6.07, 6.45) is 4.38. The summed E-state index contributed by atoms with van der Waals surface area (Å²) >= 11 is 0. The van der Waals surface area contributed by atoms with E-state index in [4.69, 9.17) is 0 Å². The second-order valence-electron chi connectivity index (χ2n) is 5.41. The number of rotatable bonds is 5. The molecule has 1 heterocycles. The third-order valence-corrected chi connectivity index (χ3v) is 3.72. The molecule has 0 radical (unpaired) electrons. The van der Waals surface area contributed by atoms with Crippen molar-refractivity contribution in [3.8, 4) is 0 Å². The average Bonchev–Trinajstić information content (AvgIpc) is 2.94. The number of aryl methyl sites for hydroxylation is 1. The standard InChI is InChI=1S/C16H24N2O/c1-3-5-13-7-9-14(10-8-13)12-18(2)16(19)15-6-4-11-17-15/h7-10,15,17H,3-6,11-12H2,1-2H3. The molecule has 1 aromatic carbocycles. The molecule has 0 bridgehead atoms. The van der Waals surface area contributed by atoms with Crippen molar-refractivity contribution >= 4 is 5.91 Å². The van der Waals surface area contributed by atoms with E-state index in [1.807, 2.05) is 11.9 Å². The van der Waals surface area contributed by atoms with Gasteiger partial charge in [-0.3, -0.25) is 4.79 Å². The third kappa shape index (κ3) is 3.80. The SMILES string of the molecule is CCCc1ccc(CN(C)C(=O)C2CCCN2)cc1. The molecule has 1 unspecified atom stereocenters. The number of likely N-dealkylation sites (N-methyl/N-ethyl adjacent to an activating group) is 1. The van der Waals surface area contributed by atoms with Crippen LogP contribution in [0, 0.1) is 0 Å². The molecule has 104 valence electrons. The Morgan fingerprint density at radius 1 is 1.32 bits per heavy atom. The van der Waals surface area contributed by atoms with Crippen LogP contribution in [-0.4, -0.2) is 30.4 Å². The Kier molecular flexibility index (Phi) is 4.97. The average molecular weight is 260 g/mol. The van der Waals surface area contributed by atoms with Crippen molar-refractivity contribution in [2.75, 3.05) is 13.6 Å². The Hall–Kier alpha value is -1.35. The van der Waals surface area contributed by atoms with E-state index in [2.05, 4.69) is 36.5 Å². The highest BCUT2D eigenvalue weighted by Crippen LogP contribution is 2.12. The minimum Gasteiger partial charge on any atom is -0.340 e. The first-order valence-electron chi connectivity index (χ1n) is 7.27. The summed E-state index contributed by atoms with van der Waals surface area (Å²) < 4.78 is 0. The van der Waals surface area contributed by atoms with E-state index in [1.54, 1.807) is 0 Å². The van der Waals surface area contributed by atoms with E-state index in [0.717, 1.165) is 25.8 Å². The molecule has 1 aliphatic heterocycles. The zero-order chi connectivity index (χ0) is 13.7. The molecule has 1 fully saturated rings. The summed E-state index contributed by atoms with van der Waals surface area (Å²) in [5.74, 6) is 0.218. The number of nitrogens with zero attached hydrogens (tertiary/aromatic N) is 1. The molecule has 0 aliphatic carbocycles. The van der Waals surface area contributed by atoms with Crippen molar-refractivity contribution in [3.63, 3.8) is 0 Å². The quantitative estimate of drug-likeness (QED) is 0.881. The summed E-state index contributed by atoms with van der Waals surface area (Å²) in [6, 6.07) is 8.65. The normalized spacial score (nSPS) is 18.5. The predicted octanol–water partition coefficient (Wildman–Crippen LogP) is 2.35. The van der Waals surface area contributed by atoms with Gasteiger partial charge in [-0.15, -0.1) is 0 Å². The fraction of sp³-hybridized carbons (Fsp3) is 0.562. The van der Waals surface area contributed by atoms with Crippen molar-refractivity contribution < 1.29 is 4.79 Å². The van der Waals surface area contributed by atoms with Gasteiger partial charge < -0.3 is 10.2 Å². The zero-order valence-electron chi connectivity index (χ0n) is 12.0. The maximum atomic E-state index is 12.2. The lowest BCUT2D eigenvalue weighted by atomic mass is 10.1. The summed E-state index contributed by atoms with van der Waals surface area (Å²) in [6.45, 7) is 3.86. The van der Waals surface area contributed by atoms with Gasteiger partial charge in [0.25, 0.3) is 0 Å². The molecular formula is C16H24N2O. The van der Waals surface area contributed by atoms with E-state index in [9.17, 15) is 4.79 Å². The molecule has 1 amide bonds. The Morgan fingerprint density at radius 2 is 2.00 bits per heavy atom. The zero-order valence-corrected chi connectivity index (χ0v) is 12.0. The molecule has 1 aliphatic rings. The lowest BCUT2D eigenvalue weighted by Gasteiger charge is -2.21. The van der Waals surface area contributed by atoms with E-state index in [0.29, 0.717) is 6.54 Å². The summed E-state index contributed by atoms with van der Waals surface area (Å²) in [5, 5.41) is 3.26. The van der Waals surface area contributed by atoms with Gasteiger partial charge in [-0.1, -0.05) is 37.6 Å². The fourth-order valence-electron chi connectivity index (χ4n) is 2.61. The smallest absolute Gasteiger partial charge is 0.239 e. The number of benzene rings is 1. The summed E-state index contributed by atoms with van der Waals surface area (Å²) in [4.78, 5) is 14.0. The van der Waals surface area contributed by atoms with Gasteiger partial charge in [-0.25, -0.2) is 0 Å². The highest BCUT2D eigenvalue weighted by molar-refractivity contribution is 5.81. The molecule has 1 atom stereocenters. The molecule has 1 saturated heterocycles. The molecular weight excluding hydrogens is 236 g/mol. The van der Waals surface area contributed by atoms with Crippen LogP contribution >= 0.6 is 0 Å². The minimum absolute atomic E-state index is 0.0318. The Labute approximate surface area is 116 Å². The predicted molar refractivity (Wildman–Crippen MR) is 77.9 cm³/mol. The van der Waals surface area contributed by atoms with Crippen molar-refractivity contribution in [1.29, 1.82) is 0 Å². The Bertz CT molecular complexity index is 407. The van der Waals surface area contributed by atoms with Crippen molar-refractivity contribution in [3.05, 3.63) is 35.4 Å². The highest BCUT2D eigenvalue weighted by Gasteiger charge is 2.24. The number of carbonyl (C=O) groups excluding carboxylic acids is 1. The van der Waals surface area contributed by atoms with Crippen LogP contribution in [0.1, 0.15) is 37.3 Å². The summed E-state index contributed by atoms with van der Waals surface area (Å²) in [5.41, 5.74) is 2.58. The maximum Gasteiger partial charge on any atom is 0.239 e. The van der Waals surface area contributed by atoms with Gasteiger partial charge in [-0.05, 0) is 36.9 Å². The van der Waals surface area contributed by atoms with Crippen LogP contribution < -0.4 is 5.32 Å². The van der Waals surface area contributed by atoms with E-state index in [-0.39, 0.29) is 11.9 Å². The Morgan fingerprint density at radius 3 is 2.58 bits per heavy atom. The molecule has 3 heteroatoms. The van der Waals surface area contributed by atoms with E-state index in [1.165, 1.54) is 17.5 Å². The van der Waals surface area contributed by atoms with Gasteiger partial charge in [0, 0.05) is 13.6 Å². The van der Waals surface area contributed by atoms with Crippen LogP contribution in [0.25, 0.3) is 0 Å². The fourth-order valence-corrected chi connectivity index (χ4v) is 2.61. The molecule has 0 saturated carbocycles. The monoisotopic (exact) mass is 260 g/mol. The number of hydrogen-bond acceptors (Lipinski definition) is 2. The lowest BCUT2D eigenvalue weighted by Crippen LogP contribution is -2.41. The van der Waals surface area contributed by atoms with Crippen LogP contribution in [0.3, 0.4) is 0 Å². The van der Waals surface area contributed by atoms with Gasteiger partial charge in [0.05, 0.1) is 6.04 Å². The van der Waals surface area contributed by atoms with Gasteiger partial charge in [0.1, 0.15) is 0 Å². The highest BCUT2D eigenvalue weighted by atomic mass is 16.2. The minimum atomic E-state index is 0.0318. The van der Waals surface area contributed by atoms with Crippen molar-refractivity contribution in [1.82, 2.24) is 10.2 Å². The molecule has 19 heavy (non-hydrogen) atoms.